The maximum atomic E-state index is 4.46. The monoisotopic (exact) mass is 212 g/mol. The third kappa shape index (κ3) is 2.47. The lowest BCUT2D eigenvalue weighted by molar-refractivity contribution is 0.813. The molecule has 0 unspecified atom stereocenters. The molecule has 0 saturated carbocycles. The molecule has 16 heavy (non-hydrogen) atoms. The highest BCUT2D eigenvalue weighted by Gasteiger charge is 1.98. The number of hydrogen-bond donors (Lipinski definition) is 1. The van der Waals surface area contributed by atoms with Crippen LogP contribution in [0.3, 0.4) is 0 Å². The Kier molecular flexibility index (Phi) is 3.32. The molecule has 0 radical (unpaired) electrons. The third-order valence-corrected chi connectivity index (χ3v) is 2.55. The van der Waals surface area contributed by atoms with Gasteiger partial charge in [0.1, 0.15) is 0 Å². The van der Waals surface area contributed by atoms with Crippen molar-refractivity contribution in [2.24, 2.45) is 0 Å². The highest BCUT2D eigenvalue weighted by Crippen LogP contribution is 2.17. The zero-order valence-electron chi connectivity index (χ0n) is 9.70. The summed E-state index contributed by atoms with van der Waals surface area (Å²) in [4.78, 5) is 4.46. The van der Waals surface area contributed by atoms with Crippen molar-refractivity contribution in [2.45, 2.75) is 13.5 Å². The zero-order valence-corrected chi connectivity index (χ0v) is 9.70. The van der Waals surface area contributed by atoms with Gasteiger partial charge in [0, 0.05) is 18.3 Å². The van der Waals surface area contributed by atoms with E-state index in [4.69, 9.17) is 0 Å². The lowest BCUT2D eigenvalue weighted by Gasteiger charge is -2.03. The van der Waals surface area contributed by atoms with Gasteiger partial charge < -0.3 is 5.32 Å². The van der Waals surface area contributed by atoms with Crippen LogP contribution in [0.4, 0.5) is 0 Å². The lowest BCUT2D eigenvalue weighted by Crippen LogP contribution is -2.05. The van der Waals surface area contributed by atoms with Crippen molar-refractivity contribution in [2.75, 3.05) is 7.05 Å². The summed E-state index contributed by atoms with van der Waals surface area (Å²) >= 11 is 0. The molecule has 0 spiro atoms. The number of nitrogens with zero attached hydrogens (tertiary/aromatic N) is 1. The maximum absolute atomic E-state index is 4.46. The Bertz CT molecular complexity index is 443. The standard InChI is InChI=1S/C14H16N2/c1-11-3-6-13(7-4-11)14-8-5-12(9-15-2)10-16-14/h3-8,10,15H,9H2,1-2H3. The van der Waals surface area contributed by atoms with Crippen LogP contribution < -0.4 is 5.32 Å². The molecule has 0 saturated heterocycles. The van der Waals surface area contributed by atoms with Gasteiger partial charge in [0.15, 0.2) is 0 Å². The second-order valence-electron chi connectivity index (χ2n) is 3.95. The molecule has 0 atom stereocenters. The Morgan fingerprint density at radius 3 is 2.38 bits per heavy atom. The van der Waals surface area contributed by atoms with Gasteiger partial charge in [-0.1, -0.05) is 35.9 Å². The quantitative estimate of drug-likeness (QED) is 0.846. The van der Waals surface area contributed by atoms with Crippen LogP contribution in [0.1, 0.15) is 11.1 Å². The van der Waals surface area contributed by atoms with Gasteiger partial charge in [-0.2, -0.15) is 0 Å². The molecule has 2 rings (SSSR count). The molecule has 82 valence electrons. The molecule has 0 fully saturated rings. The summed E-state index contributed by atoms with van der Waals surface area (Å²) in [6.07, 6.45) is 1.92. The van der Waals surface area contributed by atoms with Crippen molar-refractivity contribution in [1.82, 2.24) is 10.3 Å². The summed E-state index contributed by atoms with van der Waals surface area (Å²) in [7, 11) is 1.94. The largest absolute Gasteiger partial charge is 0.316 e. The Labute approximate surface area is 96.4 Å². The molecule has 0 bridgehead atoms. The number of aryl methyl sites for hydroxylation is 1. The zero-order chi connectivity index (χ0) is 11.4. The smallest absolute Gasteiger partial charge is 0.0702 e. The minimum Gasteiger partial charge on any atom is -0.316 e. The fourth-order valence-electron chi connectivity index (χ4n) is 1.63. The molecule has 1 aromatic heterocycles. The molecule has 0 aliphatic carbocycles. The average molecular weight is 212 g/mol. The van der Waals surface area contributed by atoms with E-state index < -0.39 is 0 Å². The first-order chi connectivity index (χ1) is 7.79. The molecule has 0 aliphatic rings. The van der Waals surface area contributed by atoms with E-state index in [9.17, 15) is 0 Å². The van der Waals surface area contributed by atoms with Crippen LogP contribution in [-0.2, 0) is 6.54 Å². The third-order valence-electron chi connectivity index (χ3n) is 2.55. The first kappa shape index (κ1) is 10.8. The van der Waals surface area contributed by atoms with Gasteiger partial charge in [0.2, 0.25) is 0 Å². The van der Waals surface area contributed by atoms with Crippen molar-refractivity contribution in [1.29, 1.82) is 0 Å². The van der Waals surface area contributed by atoms with Crippen molar-refractivity contribution in [3.8, 4) is 11.3 Å². The highest BCUT2D eigenvalue weighted by atomic mass is 14.8. The first-order valence-electron chi connectivity index (χ1n) is 5.46. The fourth-order valence-corrected chi connectivity index (χ4v) is 1.63. The summed E-state index contributed by atoms with van der Waals surface area (Å²) in [5.41, 5.74) is 4.68. The number of nitrogens with one attached hydrogen (secondary N) is 1. The van der Waals surface area contributed by atoms with Gasteiger partial charge in [0.05, 0.1) is 5.69 Å². The van der Waals surface area contributed by atoms with Gasteiger partial charge in [-0.3, -0.25) is 4.98 Å². The second-order valence-corrected chi connectivity index (χ2v) is 3.95. The lowest BCUT2D eigenvalue weighted by atomic mass is 10.1. The molecular formula is C14H16N2. The van der Waals surface area contributed by atoms with Crippen LogP contribution in [0.15, 0.2) is 42.6 Å². The summed E-state index contributed by atoms with van der Waals surface area (Å²) in [5.74, 6) is 0. The van der Waals surface area contributed by atoms with Gasteiger partial charge in [-0.25, -0.2) is 0 Å². The molecule has 0 amide bonds. The molecule has 2 heteroatoms. The molecule has 1 aromatic carbocycles. The van der Waals surface area contributed by atoms with E-state index in [1.807, 2.05) is 13.2 Å². The summed E-state index contributed by atoms with van der Waals surface area (Å²) in [6.45, 7) is 2.95. The normalized spacial score (nSPS) is 10.4. The molecule has 1 N–H and O–H groups in total. The Morgan fingerprint density at radius 1 is 1.06 bits per heavy atom. The molecule has 2 nitrogen and oxygen atoms in total. The Morgan fingerprint density at radius 2 is 1.81 bits per heavy atom. The van der Waals surface area contributed by atoms with E-state index in [1.165, 1.54) is 16.7 Å². The van der Waals surface area contributed by atoms with Crippen LogP contribution in [-0.4, -0.2) is 12.0 Å². The number of pyridine rings is 1. The highest BCUT2D eigenvalue weighted by molar-refractivity contribution is 5.59. The second kappa shape index (κ2) is 4.90. The van der Waals surface area contributed by atoms with Crippen LogP contribution >= 0.6 is 0 Å². The van der Waals surface area contributed by atoms with E-state index in [0.29, 0.717) is 0 Å². The number of aromatic nitrogens is 1. The van der Waals surface area contributed by atoms with E-state index in [0.717, 1.165) is 12.2 Å². The van der Waals surface area contributed by atoms with Crippen molar-refractivity contribution in [3.05, 3.63) is 53.7 Å². The maximum Gasteiger partial charge on any atom is 0.0702 e. The van der Waals surface area contributed by atoms with Gasteiger partial charge in [0.25, 0.3) is 0 Å². The Hall–Kier alpha value is -1.67. The summed E-state index contributed by atoms with van der Waals surface area (Å²) in [5, 5.41) is 3.11. The van der Waals surface area contributed by atoms with E-state index in [1.54, 1.807) is 0 Å². The van der Waals surface area contributed by atoms with Gasteiger partial charge >= 0.3 is 0 Å². The molecule has 1 heterocycles. The minimum absolute atomic E-state index is 0.862. The summed E-state index contributed by atoms with van der Waals surface area (Å²) in [6, 6.07) is 12.6. The van der Waals surface area contributed by atoms with Crippen molar-refractivity contribution >= 4 is 0 Å². The van der Waals surface area contributed by atoms with Crippen molar-refractivity contribution in [3.63, 3.8) is 0 Å². The first-order valence-corrected chi connectivity index (χ1v) is 5.46. The average Bonchev–Trinajstić information content (AvgIpc) is 2.32. The van der Waals surface area contributed by atoms with Gasteiger partial charge in [-0.15, -0.1) is 0 Å². The number of benzene rings is 1. The minimum atomic E-state index is 0.862. The van der Waals surface area contributed by atoms with E-state index in [2.05, 4.69) is 53.6 Å². The van der Waals surface area contributed by atoms with Crippen molar-refractivity contribution < 1.29 is 0 Å². The topological polar surface area (TPSA) is 24.9 Å². The SMILES string of the molecule is CNCc1ccc(-c2ccc(C)cc2)nc1. The number of hydrogen-bond acceptors (Lipinski definition) is 2. The van der Waals surface area contributed by atoms with E-state index >= 15 is 0 Å². The van der Waals surface area contributed by atoms with E-state index in [-0.39, 0.29) is 0 Å². The summed E-state index contributed by atoms with van der Waals surface area (Å²) < 4.78 is 0. The van der Waals surface area contributed by atoms with Crippen LogP contribution in [0, 0.1) is 6.92 Å². The molecule has 2 aromatic rings. The predicted molar refractivity (Wildman–Crippen MR) is 67.2 cm³/mol. The van der Waals surface area contributed by atoms with Crippen LogP contribution in [0.2, 0.25) is 0 Å². The predicted octanol–water partition coefficient (Wildman–Crippen LogP) is 2.78. The Balaban J connectivity index is 2.24. The van der Waals surface area contributed by atoms with Crippen LogP contribution in [0.5, 0.6) is 0 Å². The molecular weight excluding hydrogens is 196 g/mol. The fraction of sp³-hybridized carbons (Fsp3) is 0.214. The number of rotatable bonds is 3. The van der Waals surface area contributed by atoms with Gasteiger partial charge in [-0.05, 0) is 25.6 Å². The molecule has 0 aliphatic heterocycles. The van der Waals surface area contributed by atoms with Crippen LogP contribution in [0.25, 0.3) is 11.3 Å².